The maximum absolute atomic E-state index is 4.28. The summed E-state index contributed by atoms with van der Waals surface area (Å²) in [6.07, 6.45) is 4.64. The van der Waals surface area contributed by atoms with E-state index in [0.717, 1.165) is 25.3 Å². The van der Waals surface area contributed by atoms with Crippen LogP contribution in [0, 0.1) is 0 Å². The minimum Gasteiger partial charge on any atom is -0.304 e. The zero-order chi connectivity index (χ0) is 12.1. The van der Waals surface area contributed by atoms with Crippen molar-refractivity contribution in [2.75, 3.05) is 0 Å². The van der Waals surface area contributed by atoms with E-state index in [4.69, 9.17) is 0 Å². The Labute approximate surface area is 101 Å². The summed E-state index contributed by atoms with van der Waals surface area (Å²) in [5, 5.41) is 11.8. The highest BCUT2D eigenvalue weighted by atomic mass is 15.3. The highest BCUT2D eigenvalue weighted by Gasteiger charge is 2.02. The lowest BCUT2D eigenvalue weighted by Gasteiger charge is -2.06. The van der Waals surface area contributed by atoms with Crippen LogP contribution in [0.15, 0.2) is 18.6 Å². The summed E-state index contributed by atoms with van der Waals surface area (Å²) in [5.74, 6) is 0.814. The fourth-order valence-electron chi connectivity index (χ4n) is 1.69. The molecular formula is C11H18N6. The smallest absolute Gasteiger partial charge is 0.164 e. The normalized spacial score (nSPS) is 10.9. The van der Waals surface area contributed by atoms with Gasteiger partial charge in [0, 0.05) is 26.3 Å². The van der Waals surface area contributed by atoms with Crippen molar-refractivity contribution in [1.82, 2.24) is 29.9 Å². The van der Waals surface area contributed by atoms with Crippen molar-refractivity contribution < 1.29 is 0 Å². The SMILES string of the molecule is CCCn1nccc1CNCc1ncn(C)n1. The van der Waals surface area contributed by atoms with E-state index in [2.05, 4.69) is 27.4 Å². The Hall–Kier alpha value is -1.69. The molecule has 2 rings (SSSR count). The van der Waals surface area contributed by atoms with Crippen LogP contribution in [-0.4, -0.2) is 24.5 Å². The second kappa shape index (κ2) is 5.58. The molecular weight excluding hydrogens is 216 g/mol. The molecule has 1 N–H and O–H groups in total. The summed E-state index contributed by atoms with van der Waals surface area (Å²) >= 11 is 0. The molecule has 0 aliphatic rings. The fraction of sp³-hybridized carbons (Fsp3) is 0.545. The van der Waals surface area contributed by atoms with Crippen molar-refractivity contribution >= 4 is 0 Å². The second-order valence-corrected chi connectivity index (χ2v) is 3.98. The van der Waals surface area contributed by atoms with Crippen LogP contribution in [-0.2, 0) is 26.7 Å². The van der Waals surface area contributed by atoms with Crippen LogP contribution < -0.4 is 5.32 Å². The van der Waals surface area contributed by atoms with Crippen LogP contribution in [0.25, 0.3) is 0 Å². The van der Waals surface area contributed by atoms with Gasteiger partial charge in [0.15, 0.2) is 5.82 Å². The first-order chi connectivity index (χ1) is 8.29. The maximum atomic E-state index is 4.28. The van der Waals surface area contributed by atoms with E-state index in [9.17, 15) is 0 Å². The lowest BCUT2D eigenvalue weighted by molar-refractivity contribution is 0.544. The van der Waals surface area contributed by atoms with Gasteiger partial charge in [-0.25, -0.2) is 4.98 Å². The summed E-state index contributed by atoms with van der Waals surface area (Å²) < 4.78 is 3.73. The Morgan fingerprint density at radius 3 is 2.94 bits per heavy atom. The van der Waals surface area contributed by atoms with Gasteiger partial charge in [0.25, 0.3) is 0 Å². The van der Waals surface area contributed by atoms with Crippen LogP contribution in [0.3, 0.4) is 0 Å². The van der Waals surface area contributed by atoms with E-state index in [1.54, 1.807) is 11.0 Å². The third-order valence-corrected chi connectivity index (χ3v) is 2.48. The minimum atomic E-state index is 0.679. The molecule has 0 saturated heterocycles. The van der Waals surface area contributed by atoms with Gasteiger partial charge in [-0.3, -0.25) is 9.36 Å². The predicted molar refractivity (Wildman–Crippen MR) is 64.1 cm³/mol. The Morgan fingerprint density at radius 2 is 2.24 bits per heavy atom. The summed E-state index contributed by atoms with van der Waals surface area (Å²) in [5.41, 5.74) is 1.20. The van der Waals surface area contributed by atoms with Gasteiger partial charge in [-0.05, 0) is 12.5 Å². The first-order valence-corrected chi connectivity index (χ1v) is 5.85. The van der Waals surface area contributed by atoms with Crippen molar-refractivity contribution in [2.24, 2.45) is 7.05 Å². The number of nitrogens with one attached hydrogen (secondary N) is 1. The number of hydrogen-bond acceptors (Lipinski definition) is 4. The standard InChI is InChI=1S/C11H18N6/c1-3-6-17-10(4-5-14-17)7-12-8-11-13-9-16(2)15-11/h4-5,9,12H,3,6-8H2,1-2H3. The van der Waals surface area contributed by atoms with Crippen LogP contribution in [0.2, 0.25) is 0 Å². The molecule has 0 unspecified atom stereocenters. The number of hydrogen-bond donors (Lipinski definition) is 1. The van der Waals surface area contributed by atoms with Crippen LogP contribution in [0.1, 0.15) is 24.9 Å². The molecule has 0 amide bonds. The largest absolute Gasteiger partial charge is 0.304 e. The molecule has 0 aliphatic carbocycles. The van der Waals surface area contributed by atoms with Crippen LogP contribution >= 0.6 is 0 Å². The van der Waals surface area contributed by atoms with Crippen molar-refractivity contribution in [3.63, 3.8) is 0 Å². The Balaban J connectivity index is 1.83. The van der Waals surface area contributed by atoms with Crippen molar-refractivity contribution in [1.29, 1.82) is 0 Å². The number of aromatic nitrogens is 5. The van der Waals surface area contributed by atoms with Gasteiger partial charge >= 0.3 is 0 Å². The topological polar surface area (TPSA) is 60.6 Å². The molecule has 2 aromatic heterocycles. The number of rotatable bonds is 6. The van der Waals surface area contributed by atoms with Gasteiger partial charge in [-0.1, -0.05) is 6.92 Å². The average Bonchev–Trinajstić information content (AvgIpc) is 2.90. The van der Waals surface area contributed by atoms with Gasteiger partial charge < -0.3 is 5.32 Å². The summed E-state index contributed by atoms with van der Waals surface area (Å²) in [4.78, 5) is 4.16. The third-order valence-electron chi connectivity index (χ3n) is 2.48. The van der Waals surface area contributed by atoms with Crippen molar-refractivity contribution in [3.8, 4) is 0 Å². The maximum Gasteiger partial charge on any atom is 0.164 e. The first kappa shape index (κ1) is 11.8. The molecule has 2 heterocycles. The molecule has 0 fully saturated rings. The number of nitrogens with zero attached hydrogens (tertiary/aromatic N) is 5. The molecule has 0 aliphatic heterocycles. The lowest BCUT2D eigenvalue weighted by Crippen LogP contribution is -2.17. The zero-order valence-corrected chi connectivity index (χ0v) is 10.3. The van der Waals surface area contributed by atoms with E-state index in [1.807, 2.05) is 24.0 Å². The van der Waals surface area contributed by atoms with E-state index in [0.29, 0.717) is 6.54 Å². The Morgan fingerprint density at radius 1 is 1.35 bits per heavy atom. The minimum absolute atomic E-state index is 0.679. The third kappa shape index (κ3) is 3.13. The molecule has 0 saturated carbocycles. The highest BCUT2D eigenvalue weighted by Crippen LogP contribution is 2.00. The summed E-state index contributed by atoms with van der Waals surface area (Å²) in [7, 11) is 1.87. The van der Waals surface area contributed by atoms with E-state index < -0.39 is 0 Å². The Kier molecular flexibility index (Phi) is 3.87. The monoisotopic (exact) mass is 234 g/mol. The molecule has 0 spiro atoms. The molecule has 6 nitrogen and oxygen atoms in total. The molecule has 17 heavy (non-hydrogen) atoms. The molecule has 92 valence electrons. The zero-order valence-electron chi connectivity index (χ0n) is 10.3. The number of aryl methyl sites for hydroxylation is 2. The highest BCUT2D eigenvalue weighted by molar-refractivity contribution is 5.00. The molecule has 6 heteroatoms. The lowest BCUT2D eigenvalue weighted by atomic mass is 10.4. The van der Waals surface area contributed by atoms with Gasteiger partial charge in [0.1, 0.15) is 6.33 Å². The molecule has 0 bridgehead atoms. The van der Waals surface area contributed by atoms with Gasteiger partial charge in [-0.2, -0.15) is 10.2 Å². The average molecular weight is 234 g/mol. The van der Waals surface area contributed by atoms with Crippen LogP contribution in [0.4, 0.5) is 0 Å². The summed E-state index contributed by atoms with van der Waals surface area (Å²) in [6, 6.07) is 2.04. The molecule has 0 aromatic carbocycles. The first-order valence-electron chi connectivity index (χ1n) is 5.85. The summed E-state index contributed by atoms with van der Waals surface area (Å²) in [6.45, 7) is 4.58. The predicted octanol–water partition coefficient (Wildman–Crippen LogP) is 0.711. The van der Waals surface area contributed by atoms with E-state index in [1.165, 1.54) is 5.69 Å². The molecule has 0 radical (unpaired) electrons. The van der Waals surface area contributed by atoms with Gasteiger partial charge in [0.2, 0.25) is 0 Å². The van der Waals surface area contributed by atoms with Crippen LogP contribution in [0.5, 0.6) is 0 Å². The van der Waals surface area contributed by atoms with E-state index in [-0.39, 0.29) is 0 Å². The fourth-order valence-corrected chi connectivity index (χ4v) is 1.69. The quantitative estimate of drug-likeness (QED) is 0.799. The molecule has 2 aromatic rings. The molecule has 0 atom stereocenters. The van der Waals surface area contributed by atoms with Crippen molar-refractivity contribution in [3.05, 3.63) is 30.1 Å². The Bertz CT molecular complexity index is 458. The van der Waals surface area contributed by atoms with Gasteiger partial charge in [0.05, 0.1) is 12.2 Å². The van der Waals surface area contributed by atoms with Crippen molar-refractivity contribution in [2.45, 2.75) is 33.0 Å². The van der Waals surface area contributed by atoms with E-state index >= 15 is 0 Å². The van der Waals surface area contributed by atoms with Gasteiger partial charge in [-0.15, -0.1) is 0 Å². The second-order valence-electron chi connectivity index (χ2n) is 3.98.